The fourth-order valence-electron chi connectivity index (χ4n) is 0.326. The monoisotopic (exact) mass is 179 g/mol. The van der Waals surface area contributed by atoms with Crippen LogP contribution in [0, 0.1) is 0 Å². The highest BCUT2D eigenvalue weighted by Crippen LogP contribution is 1.91. The van der Waals surface area contributed by atoms with Crippen LogP contribution in [0.15, 0.2) is 12.7 Å². The molecule has 0 unspecified atom stereocenters. The van der Waals surface area contributed by atoms with E-state index in [0.29, 0.717) is 0 Å². The van der Waals surface area contributed by atoms with Crippen molar-refractivity contribution in [3.8, 4) is 0 Å². The van der Waals surface area contributed by atoms with Gasteiger partial charge >= 0.3 is 12.5 Å². The molecular weight excluding hydrogens is 172 g/mol. The van der Waals surface area contributed by atoms with E-state index >= 15 is 0 Å². The number of imide groups is 1. The molecule has 68 valence electrons. The van der Waals surface area contributed by atoms with Crippen molar-refractivity contribution in [2.45, 2.75) is 6.43 Å². The summed E-state index contributed by atoms with van der Waals surface area (Å²) in [6, 6.07) is 0. The Hall–Kier alpha value is -1.46. The Balaban J connectivity index is 3.69. The van der Waals surface area contributed by atoms with Gasteiger partial charge < -0.3 is 4.74 Å². The van der Waals surface area contributed by atoms with E-state index in [2.05, 4.69) is 11.3 Å². The Kier molecular flexibility index (Phi) is 4.59. The molecule has 0 aliphatic carbocycles. The first-order chi connectivity index (χ1) is 5.57. The van der Waals surface area contributed by atoms with Gasteiger partial charge in [-0.05, 0) is 0 Å². The topological polar surface area (TPSA) is 55.4 Å². The van der Waals surface area contributed by atoms with E-state index in [1.165, 1.54) is 11.4 Å². The summed E-state index contributed by atoms with van der Waals surface area (Å²) in [5.74, 6) is -1.68. The second kappa shape index (κ2) is 5.22. The lowest BCUT2D eigenvalue weighted by Crippen LogP contribution is -2.35. The third kappa shape index (κ3) is 4.37. The van der Waals surface area contributed by atoms with Crippen LogP contribution in [0.1, 0.15) is 0 Å². The van der Waals surface area contributed by atoms with Crippen LogP contribution < -0.4 is 5.32 Å². The highest BCUT2D eigenvalue weighted by atomic mass is 19.3. The number of carbonyl (C=O) groups excluding carboxylic acids is 2. The predicted molar refractivity (Wildman–Crippen MR) is 35.7 cm³/mol. The second-order valence-corrected chi connectivity index (χ2v) is 1.68. The Morgan fingerprint density at radius 2 is 2.17 bits per heavy atom. The molecule has 4 nitrogen and oxygen atoms in total. The van der Waals surface area contributed by atoms with Gasteiger partial charge in [0, 0.05) is 0 Å². The van der Waals surface area contributed by atoms with Gasteiger partial charge in [-0.3, -0.25) is 10.1 Å². The van der Waals surface area contributed by atoms with Gasteiger partial charge in [0.25, 0.3) is 5.91 Å². The van der Waals surface area contributed by atoms with Gasteiger partial charge in [0.2, 0.25) is 0 Å². The molecule has 0 radical (unpaired) electrons. The average Bonchev–Trinajstić information content (AvgIpc) is 2.00. The SMILES string of the molecule is C=CCOC(=O)NC(=O)C(F)F. The molecule has 12 heavy (non-hydrogen) atoms. The Bertz CT molecular complexity index is 193. The van der Waals surface area contributed by atoms with Gasteiger partial charge in [0.15, 0.2) is 0 Å². The number of alkyl halides is 2. The van der Waals surface area contributed by atoms with Crippen LogP contribution >= 0.6 is 0 Å². The fraction of sp³-hybridized carbons (Fsp3) is 0.333. The van der Waals surface area contributed by atoms with Crippen LogP contribution in [-0.4, -0.2) is 25.0 Å². The average molecular weight is 179 g/mol. The number of amides is 2. The van der Waals surface area contributed by atoms with Crippen molar-refractivity contribution in [2.24, 2.45) is 0 Å². The molecule has 0 aromatic rings. The molecule has 6 heteroatoms. The third-order valence-corrected chi connectivity index (χ3v) is 0.756. The van der Waals surface area contributed by atoms with Crippen molar-refractivity contribution >= 4 is 12.0 Å². The highest BCUT2D eigenvalue weighted by Gasteiger charge is 2.18. The van der Waals surface area contributed by atoms with Gasteiger partial charge in [-0.25, -0.2) is 4.79 Å². The maximum atomic E-state index is 11.5. The van der Waals surface area contributed by atoms with E-state index in [4.69, 9.17) is 0 Å². The minimum Gasteiger partial charge on any atom is -0.445 e. The number of alkyl carbamates (subject to hydrolysis) is 1. The lowest BCUT2D eigenvalue weighted by molar-refractivity contribution is -0.130. The Morgan fingerprint density at radius 1 is 1.58 bits per heavy atom. The van der Waals surface area contributed by atoms with Crippen LogP contribution in [0.4, 0.5) is 13.6 Å². The predicted octanol–water partition coefficient (Wildman–Crippen LogP) is 0.690. The van der Waals surface area contributed by atoms with Crippen molar-refractivity contribution in [3.63, 3.8) is 0 Å². The van der Waals surface area contributed by atoms with Crippen molar-refractivity contribution in [1.29, 1.82) is 0 Å². The lowest BCUT2D eigenvalue weighted by Gasteiger charge is -2.02. The Labute approximate surface area is 67.2 Å². The van der Waals surface area contributed by atoms with Crippen LogP contribution in [0.2, 0.25) is 0 Å². The lowest BCUT2D eigenvalue weighted by atomic mass is 10.6. The maximum absolute atomic E-state index is 11.5. The zero-order valence-electron chi connectivity index (χ0n) is 6.05. The van der Waals surface area contributed by atoms with Crippen molar-refractivity contribution in [3.05, 3.63) is 12.7 Å². The first-order valence-electron chi connectivity index (χ1n) is 2.94. The quantitative estimate of drug-likeness (QED) is 0.648. The van der Waals surface area contributed by atoms with Crippen LogP contribution in [0.25, 0.3) is 0 Å². The van der Waals surface area contributed by atoms with E-state index in [0.717, 1.165) is 0 Å². The molecule has 0 atom stereocenters. The molecule has 0 aliphatic rings. The standard InChI is InChI=1S/C6H7F2NO3/c1-2-3-12-6(11)9-5(10)4(7)8/h2,4H,1,3H2,(H,9,10,11). The van der Waals surface area contributed by atoms with Gasteiger partial charge in [-0.15, -0.1) is 0 Å². The number of hydrogen-bond acceptors (Lipinski definition) is 3. The number of nitrogens with one attached hydrogen (secondary N) is 1. The number of ether oxygens (including phenoxy) is 1. The first kappa shape index (κ1) is 10.5. The molecule has 0 saturated heterocycles. The normalized spacial score (nSPS) is 9.25. The maximum Gasteiger partial charge on any atom is 0.414 e. The molecule has 0 spiro atoms. The van der Waals surface area contributed by atoms with E-state index in [1.807, 2.05) is 0 Å². The molecule has 2 amide bonds. The van der Waals surface area contributed by atoms with Gasteiger partial charge in [0.1, 0.15) is 6.61 Å². The Morgan fingerprint density at radius 3 is 2.58 bits per heavy atom. The van der Waals surface area contributed by atoms with Crippen LogP contribution in [0.5, 0.6) is 0 Å². The summed E-state index contributed by atoms with van der Waals surface area (Å²) >= 11 is 0. The summed E-state index contributed by atoms with van der Waals surface area (Å²) in [6.45, 7) is 3.07. The number of carbonyl (C=O) groups is 2. The number of halogens is 2. The fourth-order valence-corrected chi connectivity index (χ4v) is 0.326. The molecule has 0 bridgehead atoms. The van der Waals surface area contributed by atoms with E-state index in [1.54, 1.807) is 0 Å². The number of hydrogen-bond donors (Lipinski definition) is 1. The molecule has 1 N–H and O–H groups in total. The molecule has 0 heterocycles. The highest BCUT2D eigenvalue weighted by molar-refractivity contribution is 5.93. The van der Waals surface area contributed by atoms with E-state index < -0.39 is 18.4 Å². The molecular formula is C6H7F2NO3. The summed E-state index contributed by atoms with van der Waals surface area (Å²) in [6.07, 6.45) is -3.19. The summed E-state index contributed by atoms with van der Waals surface area (Å²) in [7, 11) is 0. The molecule has 0 aliphatic heterocycles. The molecule has 0 saturated carbocycles. The van der Waals surface area contributed by atoms with Crippen LogP contribution in [0.3, 0.4) is 0 Å². The van der Waals surface area contributed by atoms with E-state index in [9.17, 15) is 18.4 Å². The summed E-state index contributed by atoms with van der Waals surface area (Å²) in [4.78, 5) is 20.5. The summed E-state index contributed by atoms with van der Waals surface area (Å²) in [5.41, 5.74) is 0. The van der Waals surface area contributed by atoms with Crippen molar-refractivity contribution in [1.82, 2.24) is 5.32 Å². The smallest absolute Gasteiger partial charge is 0.414 e. The summed E-state index contributed by atoms with van der Waals surface area (Å²) < 4.78 is 27.1. The second-order valence-electron chi connectivity index (χ2n) is 1.68. The third-order valence-electron chi connectivity index (χ3n) is 0.756. The molecule has 0 rings (SSSR count). The van der Waals surface area contributed by atoms with Crippen LogP contribution in [-0.2, 0) is 9.53 Å². The summed E-state index contributed by atoms with van der Waals surface area (Å²) in [5, 5.41) is 1.32. The zero-order valence-corrected chi connectivity index (χ0v) is 6.05. The van der Waals surface area contributed by atoms with Gasteiger partial charge in [-0.1, -0.05) is 12.7 Å². The first-order valence-corrected chi connectivity index (χ1v) is 2.94. The minimum absolute atomic E-state index is 0.137. The minimum atomic E-state index is -3.22. The molecule has 0 aromatic carbocycles. The largest absolute Gasteiger partial charge is 0.445 e. The van der Waals surface area contributed by atoms with Crippen molar-refractivity contribution in [2.75, 3.05) is 6.61 Å². The number of rotatable bonds is 3. The molecule has 0 aromatic heterocycles. The molecule has 0 fully saturated rings. The van der Waals surface area contributed by atoms with Crippen molar-refractivity contribution < 1.29 is 23.1 Å². The zero-order chi connectivity index (χ0) is 9.56. The van der Waals surface area contributed by atoms with Gasteiger partial charge in [0.05, 0.1) is 0 Å². The van der Waals surface area contributed by atoms with E-state index in [-0.39, 0.29) is 6.61 Å². The van der Waals surface area contributed by atoms with Gasteiger partial charge in [-0.2, -0.15) is 8.78 Å².